The Bertz CT molecular complexity index is 312. The van der Waals surface area contributed by atoms with Crippen LogP contribution < -0.4 is 5.32 Å². The van der Waals surface area contributed by atoms with Crippen LogP contribution in [0.2, 0.25) is 5.02 Å². The van der Waals surface area contributed by atoms with E-state index < -0.39 is 0 Å². The molecule has 1 aliphatic carbocycles. The average molecular weight is 242 g/mol. The molecule has 0 atom stereocenters. The van der Waals surface area contributed by atoms with Crippen molar-refractivity contribution in [3.8, 4) is 0 Å². The van der Waals surface area contributed by atoms with Gasteiger partial charge in [0.2, 0.25) is 0 Å². The summed E-state index contributed by atoms with van der Waals surface area (Å²) in [5.41, 5.74) is 0. The lowest BCUT2D eigenvalue weighted by molar-refractivity contribution is 0.674. The second-order valence-electron chi connectivity index (χ2n) is 3.86. The van der Waals surface area contributed by atoms with E-state index in [0.29, 0.717) is 0 Å². The molecule has 2 rings (SSSR count). The molecule has 1 saturated carbocycles. The van der Waals surface area contributed by atoms with Gasteiger partial charge in [-0.05, 0) is 43.7 Å². The van der Waals surface area contributed by atoms with Crippen molar-refractivity contribution in [2.45, 2.75) is 30.2 Å². The molecule has 1 aliphatic rings. The number of hydrogen-bond acceptors (Lipinski definition) is 2. The minimum absolute atomic E-state index is 0.829. The fraction of sp³-hybridized carbons (Fsp3) is 0.500. The largest absolute Gasteiger partial charge is 0.314 e. The van der Waals surface area contributed by atoms with E-state index in [1.807, 2.05) is 30.0 Å². The first-order valence-electron chi connectivity index (χ1n) is 5.47. The molecule has 3 heteroatoms. The van der Waals surface area contributed by atoms with Crippen molar-refractivity contribution >= 4 is 23.4 Å². The van der Waals surface area contributed by atoms with Gasteiger partial charge in [-0.25, -0.2) is 0 Å². The molecule has 0 aliphatic heterocycles. The lowest BCUT2D eigenvalue weighted by atomic mass is 10.4. The molecule has 0 heterocycles. The first-order chi connectivity index (χ1) is 7.36. The summed E-state index contributed by atoms with van der Waals surface area (Å²) < 4.78 is 0. The van der Waals surface area contributed by atoms with Crippen LogP contribution in [0, 0.1) is 0 Å². The minimum atomic E-state index is 0.829. The fourth-order valence-corrected chi connectivity index (χ4v) is 2.60. The number of thioether (sulfide) groups is 1. The summed E-state index contributed by atoms with van der Waals surface area (Å²) in [7, 11) is 0. The molecule has 0 bridgehead atoms. The highest BCUT2D eigenvalue weighted by Gasteiger charge is 2.19. The van der Waals surface area contributed by atoms with Crippen molar-refractivity contribution in [2.24, 2.45) is 0 Å². The van der Waals surface area contributed by atoms with Crippen LogP contribution >= 0.6 is 23.4 Å². The zero-order valence-electron chi connectivity index (χ0n) is 8.71. The van der Waals surface area contributed by atoms with E-state index >= 15 is 0 Å². The first-order valence-corrected chi connectivity index (χ1v) is 6.83. The van der Waals surface area contributed by atoms with Crippen molar-refractivity contribution in [1.82, 2.24) is 5.32 Å². The molecule has 0 aromatic heterocycles. The fourth-order valence-electron chi connectivity index (χ4n) is 1.41. The van der Waals surface area contributed by atoms with Crippen molar-refractivity contribution in [1.29, 1.82) is 0 Å². The average Bonchev–Trinajstić information content (AvgIpc) is 3.04. The highest BCUT2D eigenvalue weighted by Crippen LogP contribution is 2.26. The maximum atomic E-state index is 6.06. The van der Waals surface area contributed by atoms with Crippen LogP contribution in [-0.2, 0) is 0 Å². The highest BCUT2D eigenvalue weighted by atomic mass is 35.5. The summed E-state index contributed by atoms with van der Waals surface area (Å²) >= 11 is 7.91. The van der Waals surface area contributed by atoms with Crippen LogP contribution in [0.15, 0.2) is 29.2 Å². The van der Waals surface area contributed by atoms with Crippen molar-refractivity contribution in [3.63, 3.8) is 0 Å². The van der Waals surface area contributed by atoms with E-state index in [1.54, 1.807) is 0 Å². The predicted octanol–water partition coefficient (Wildman–Crippen LogP) is 3.57. The maximum absolute atomic E-state index is 6.06. The molecule has 0 radical (unpaired) electrons. The minimum Gasteiger partial charge on any atom is -0.314 e. The molecule has 1 aromatic rings. The Labute approximate surface area is 101 Å². The second-order valence-corrected chi connectivity index (χ2v) is 5.40. The van der Waals surface area contributed by atoms with Crippen LogP contribution in [0.5, 0.6) is 0 Å². The van der Waals surface area contributed by atoms with E-state index in [2.05, 4.69) is 11.4 Å². The van der Waals surface area contributed by atoms with Gasteiger partial charge >= 0.3 is 0 Å². The zero-order valence-corrected chi connectivity index (χ0v) is 10.3. The van der Waals surface area contributed by atoms with Gasteiger partial charge in [0.05, 0.1) is 5.02 Å². The van der Waals surface area contributed by atoms with Gasteiger partial charge in [-0.1, -0.05) is 23.7 Å². The molecule has 1 nitrogen and oxygen atoms in total. The van der Waals surface area contributed by atoms with Gasteiger partial charge in [0.25, 0.3) is 0 Å². The van der Waals surface area contributed by atoms with E-state index in [4.69, 9.17) is 11.6 Å². The molecular formula is C12H16ClNS. The molecule has 0 saturated heterocycles. The summed E-state index contributed by atoms with van der Waals surface area (Å²) in [6, 6.07) is 8.88. The molecular weight excluding hydrogens is 226 g/mol. The van der Waals surface area contributed by atoms with Gasteiger partial charge in [0.15, 0.2) is 0 Å². The maximum Gasteiger partial charge on any atom is 0.0541 e. The molecule has 1 N–H and O–H groups in total. The number of rotatable bonds is 6. The van der Waals surface area contributed by atoms with Gasteiger partial charge in [-0.2, -0.15) is 0 Å². The summed E-state index contributed by atoms with van der Waals surface area (Å²) in [5.74, 6) is 1.14. The van der Waals surface area contributed by atoms with Crippen LogP contribution in [0.4, 0.5) is 0 Å². The number of halogens is 1. The Kier molecular flexibility index (Phi) is 4.36. The quantitative estimate of drug-likeness (QED) is 0.604. The van der Waals surface area contributed by atoms with E-state index in [9.17, 15) is 0 Å². The normalized spacial score (nSPS) is 15.5. The lowest BCUT2D eigenvalue weighted by Gasteiger charge is -2.04. The molecule has 0 amide bonds. The lowest BCUT2D eigenvalue weighted by Crippen LogP contribution is -2.17. The van der Waals surface area contributed by atoms with Gasteiger partial charge < -0.3 is 5.32 Å². The third kappa shape index (κ3) is 4.06. The van der Waals surface area contributed by atoms with Crippen molar-refractivity contribution in [2.75, 3.05) is 12.3 Å². The summed E-state index contributed by atoms with van der Waals surface area (Å²) in [6.07, 6.45) is 3.96. The molecule has 15 heavy (non-hydrogen) atoms. The zero-order chi connectivity index (χ0) is 10.5. The summed E-state index contributed by atoms with van der Waals surface area (Å²) in [5, 5.41) is 4.38. The number of nitrogens with one attached hydrogen (secondary N) is 1. The molecule has 82 valence electrons. The molecule has 0 unspecified atom stereocenters. The van der Waals surface area contributed by atoms with Gasteiger partial charge in [0.1, 0.15) is 0 Å². The summed E-state index contributed by atoms with van der Waals surface area (Å²) in [4.78, 5) is 1.20. The van der Waals surface area contributed by atoms with Gasteiger partial charge in [-0.3, -0.25) is 0 Å². The van der Waals surface area contributed by atoms with Gasteiger partial charge in [-0.15, -0.1) is 11.8 Å². The Balaban J connectivity index is 1.62. The van der Waals surface area contributed by atoms with Crippen molar-refractivity contribution in [3.05, 3.63) is 29.3 Å². The number of hydrogen-bond donors (Lipinski definition) is 1. The van der Waals surface area contributed by atoms with Crippen LogP contribution in [0.25, 0.3) is 0 Å². The number of benzene rings is 1. The Morgan fingerprint density at radius 1 is 1.33 bits per heavy atom. The van der Waals surface area contributed by atoms with Crippen molar-refractivity contribution < 1.29 is 0 Å². The third-order valence-electron chi connectivity index (χ3n) is 2.43. The SMILES string of the molecule is Clc1ccccc1SCCCNC1CC1. The van der Waals surface area contributed by atoms with E-state index in [0.717, 1.165) is 23.4 Å². The van der Waals surface area contributed by atoms with Crippen LogP contribution in [0.3, 0.4) is 0 Å². The summed E-state index contributed by atoms with van der Waals surface area (Å²) in [6.45, 7) is 1.14. The second kappa shape index (κ2) is 5.78. The van der Waals surface area contributed by atoms with Crippen LogP contribution in [0.1, 0.15) is 19.3 Å². The van der Waals surface area contributed by atoms with E-state index in [-0.39, 0.29) is 0 Å². The van der Waals surface area contributed by atoms with E-state index in [1.165, 1.54) is 24.2 Å². The molecule has 1 fully saturated rings. The van der Waals surface area contributed by atoms with Gasteiger partial charge in [0, 0.05) is 10.9 Å². The Morgan fingerprint density at radius 2 is 2.13 bits per heavy atom. The Hall–Kier alpha value is -0.180. The monoisotopic (exact) mass is 241 g/mol. The first kappa shape index (κ1) is 11.3. The highest BCUT2D eigenvalue weighted by molar-refractivity contribution is 7.99. The third-order valence-corrected chi connectivity index (χ3v) is 4.03. The Morgan fingerprint density at radius 3 is 2.87 bits per heavy atom. The molecule has 0 spiro atoms. The molecule has 1 aromatic carbocycles. The predicted molar refractivity (Wildman–Crippen MR) is 67.8 cm³/mol. The smallest absolute Gasteiger partial charge is 0.0541 e. The van der Waals surface area contributed by atoms with Crippen LogP contribution in [-0.4, -0.2) is 18.3 Å². The topological polar surface area (TPSA) is 12.0 Å². The standard InChI is InChI=1S/C12H16ClNS/c13-11-4-1-2-5-12(11)15-9-3-8-14-10-6-7-10/h1-2,4-5,10,14H,3,6-9H2.